The van der Waals surface area contributed by atoms with E-state index in [9.17, 15) is 4.79 Å². The SMILES string of the molecule is Cc1ccc(Cl)c(-c2ccc(CN3CCN(C(=O)N(C)C)[C@H](Cc4ccccc4)C3)cc2)c1.Cc1ccc(Cl)c(-c2ccc(CN3CCN[C@H](Cc4ccccc4)C3)cc2)c1. The van der Waals surface area contributed by atoms with Crippen molar-refractivity contribution in [2.45, 2.75) is 51.9 Å². The molecule has 61 heavy (non-hydrogen) atoms. The van der Waals surface area contributed by atoms with Crippen LogP contribution in [0.5, 0.6) is 0 Å². The number of hydrogen-bond acceptors (Lipinski definition) is 4. The van der Waals surface area contributed by atoms with Gasteiger partial charge in [-0.05, 0) is 84.3 Å². The molecule has 2 heterocycles. The van der Waals surface area contributed by atoms with E-state index in [1.54, 1.807) is 4.90 Å². The smallest absolute Gasteiger partial charge is 0.319 e. The lowest BCUT2D eigenvalue weighted by molar-refractivity contribution is 0.0779. The number of aryl methyl sites for hydroxylation is 2. The van der Waals surface area contributed by atoms with E-state index in [0.717, 1.165) is 91.9 Å². The van der Waals surface area contributed by atoms with Crippen LogP contribution in [0.25, 0.3) is 22.3 Å². The molecule has 0 saturated carbocycles. The van der Waals surface area contributed by atoms with Crippen molar-refractivity contribution >= 4 is 29.2 Å². The number of halogens is 2. The van der Waals surface area contributed by atoms with Gasteiger partial charge in [-0.25, -0.2) is 4.79 Å². The van der Waals surface area contributed by atoms with Gasteiger partial charge in [0.2, 0.25) is 0 Å². The second kappa shape index (κ2) is 21.2. The third kappa shape index (κ3) is 12.3. The summed E-state index contributed by atoms with van der Waals surface area (Å²) >= 11 is 12.8. The molecule has 0 aliphatic carbocycles. The van der Waals surface area contributed by atoms with Crippen molar-refractivity contribution in [3.05, 3.63) is 189 Å². The highest BCUT2D eigenvalue weighted by atomic mass is 35.5. The Morgan fingerprint density at radius 3 is 1.59 bits per heavy atom. The predicted molar refractivity (Wildman–Crippen MR) is 255 cm³/mol. The monoisotopic (exact) mass is 851 g/mol. The molecule has 6 nitrogen and oxygen atoms in total. The van der Waals surface area contributed by atoms with Gasteiger partial charge in [0.05, 0.1) is 6.04 Å². The molecule has 0 bridgehead atoms. The molecule has 2 atom stereocenters. The summed E-state index contributed by atoms with van der Waals surface area (Å²) in [4.78, 5) is 21.5. The van der Waals surface area contributed by atoms with Crippen LogP contribution in [0.15, 0.2) is 146 Å². The molecule has 6 aromatic rings. The van der Waals surface area contributed by atoms with Gasteiger partial charge in [0.15, 0.2) is 0 Å². The first-order valence-corrected chi connectivity index (χ1v) is 22.3. The Morgan fingerprint density at radius 2 is 1.08 bits per heavy atom. The van der Waals surface area contributed by atoms with E-state index < -0.39 is 0 Å². The summed E-state index contributed by atoms with van der Waals surface area (Å²) in [6.07, 6.45) is 1.95. The van der Waals surface area contributed by atoms with Crippen molar-refractivity contribution in [2.24, 2.45) is 0 Å². The van der Waals surface area contributed by atoms with Crippen LogP contribution in [0.4, 0.5) is 4.79 Å². The van der Waals surface area contributed by atoms with E-state index in [4.69, 9.17) is 23.2 Å². The van der Waals surface area contributed by atoms with E-state index in [-0.39, 0.29) is 12.1 Å². The van der Waals surface area contributed by atoms with E-state index in [2.05, 4.69) is 150 Å². The van der Waals surface area contributed by atoms with Crippen LogP contribution >= 0.6 is 23.2 Å². The average molecular weight is 853 g/mol. The normalized spacial score (nSPS) is 17.0. The zero-order valence-corrected chi connectivity index (χ0v) is 37.5. The highest BCUT2D eigenvalue weighted by molar-refractivity contribution is 6.33. The number of carbonyl (C=O) groups is 1. The Labute approximate surface area is 373 Å². The standard InChI is InChI=1S/C28H32ClN3O.C25H27ClN2/c1-21-9-14-27(29)26(17-21)24-12-10-23(11-13-24)19-31-15-16-32(28(33)30(2)3)25(20-31)18-22-7-5-4-6-8-22;1-19-7-12-25(26)24(15-19)22-10-8-21(9-11-22)17-28-14-13-27-23(18-28)16-20-5-3-2-4-6-20/h4-14,17,25H,15-16,18-20H2,1-3H3;2-12,15,23,27H,13-14,16-18H2,1H3/t25-;23-/m11/s1. The molecular formula is C53H59Cl2N5O. The second-order valence-corrected chi connectivity index (χ2v) is 17.7. The summed E-state index contributed by atoms with van der Waals surface area (Å²) in [5, 5.41) is 5.26. The molecule has 2 aliphatic heterocycles. The summed E-state index contributed by atoms with van der Waals surface area (Å²) < 4.78 is 0. The molecule has 0 radical (unpaired) electrons. The van der Waals surface area contributed by atoms with E-state index >= 15 is 0 Å². The summed E-state index contributed by atoms with van der Waals surface area (Å²) in [6, 6.07) is 51.9. The topological polar surface area (TPSA) is 42.1 Å². The third-order valence-electron chi connectivity index (χ3n) is 11.8. The number of nitrogens with zero attached hydrogens (tertiary/aromatic N) is 4. The Kier molecular flexibility index (Phi) is 15.3. The van der Waals surface area contributed by atoms with Crippen LogP contribution in [0.1, 0.15) is 33.4 Å². The Morgan fingerprint density at radius 1 is 0.590 bits per heavy atom. The van der Waals surface area contributed by atoms with Crippen LogP contribution in [-0.2, 0) is 25.9 Å². The minimum Gasteiger partial charge on any atom is -0.331 e. The number of hydrogen-bond donors (Lipinski definition) is 1. The molecule has 2 aliphatic rings. The summed E-state index contributed by atoms with van der Waals surface area (Å²) in [5.41, 5.74) is 12.2. The molecule has 1 N–H and O–H groups in total. The molecule has 8 heteroatoms. The number of carbonyl (C=O) groups excluding carboxylic acids is 1. The number of amides is 2. The van der Waals surface area contributed by atoms with E-state index in [1.165, 1.54) is 38.9 Å². The lowest BCUT2D eigenvalue weighted by atomic mass is 10.0. The molecule has 2 amide bonds. The zero-order valence-electron chi connectivity index (χ0n) is 36.0. The lowest BCUT2D eigenvalue weighted by Gasteiger charge is -2.42. The largest absolute Gasteiger partial charge is 0.331 e. The van der Waals surface area contributed by atoms with Crippen LogP contribution < -0.4 is 5.32 Å². The number of urea groups is 1. The predicted octanol–water partition coefficient (Wildman–Crippen LogP) is 11.1. The van der Waals surface area contributed by atoms with Crippen LogP contribution in [0, 0.1) is 13.8 Å². The highest BCUT2D eigenvalue weighted by Gasteiger charge is 2.31. The Bertz CT molecular complexity index is 2320. The number of nitrogens with one attached hydrogen (secondary N) is 1. The quantitative estimate of drug-likeness (QED) is 0.149. The van der Waals surface area contributed by atoms with Crippen molar-refractivity contribution in [1.29, 1.82) is 0 Å². The fraction of sp³-hybridized carbons (Fsp3) is 0.302. The van der Waals surface area contributed by atoms with E-state index in [0.29, 0.717) is 6.04 Å². The van der Waals surface area contributed by atoms with Gasteiger partial charge in [-0.1, -0.05) is 156 Å². The van der Waals surface area contributed by atoms with Crippen molar-refractivity contribution in [3.63, 3.8) is 0 Å². The van der Waals surface area contributed by atoms with Gasteiger partial charge < -0.3 is 15.1 Å². The lowest BCUT2D eigenvalue weighted by Crippen LogP contribution is -2.57. The third-order valence-corrected chi connectivity index (χ3v) is 12.4. The molecule has 6 aromatic carbocycles. The van der Waals surface area contributed by atoms with Gasteiger partial charge in [-0.3, -0.25) is 9.80 Å². The zero-order chi connectivity index (χ0) is 42.7. The van der Waals surface area contributed by atoms with Gasteiger partial charge in [0.1, 0.15) is 0 Å². The fourth-order valence-corrected chi connectivity index (χ4v) is 8.98. The summed E-state index contributed by atoms with van der Waals surface area (Å²) in [5.74, 6) is 0. The first-order chi connectivity index (χ1) is 29.6. The molecule has 8 rings (SSSR count). The maximum Gasteiger partial charge on any atom is 0.319 e. The van der Waals surface area contributed by atoms with Gasteiger partial charge in [-0.2, -0.15) is 0 Å². The van der Waals surface area contributed by atoms with Crippen LogP contribution in [0.3, 0.4) is 0 Å². The van der Waals surface area contributed by atoms with Crippen molar-refractivity contribution in [1.82, 2.24) is 24.9 Å². The molecular weight excluding hydrogens is 794 g/mol. The van der Waals surface area contributed by atoms with Crippen LogP contribution in [0.2, 0.25) is 10.0 Å². The van der Waals surface area contributed by atoms with Gasteiger partial charge >= 0.3 is 6.03 Å². The molecule has 2 saturated heterocycles. The Hall–Kier alpha value is -4.95. The maximum atomic E-state index is 12.8. The average Bonchev–Trinajstić information content (AvgIpc) is 3.27. The molecule has 316 valence electrons. The van der Waals surface area contributed by atoms with Gasteiger partial charge in [0, 0.05) is 93.7 Å². The number of piperazine rings is 2. The number of benzene rings is 6. The van der Waals surface area contributed by atoms with Gasteiger partial charge in [0.25, 0.3) is 0 Å². The van der Waals surface area contributed by atoms with Crippen LogP contribution in [-0.4, -0.2) is 91.1 Å². The minimum atomic E-state index is 0.0926. The molecule has 0 unspecified atom stereocenters. The molecule has 2 fully saturated rings. The van der Waals surface area contributed by atoms with Crippen molar-refractivity contribution in [3.8, 4) is 22.3 Å². The van der Waals surface area contributed by atoms with Crippen molar-refractivity contribution < 1.29 is 4.79 Å². The Balaban J connectivity index is 0.000000186. The van der Waals surface area contributed by atoms with Gasteiger partial charge in [-0.15, -0.1) is 0 Å². The molecule has 0 aromatic heterocycles. The number of rotatable bonds is 10. The summed E-state index contributed by atoms with van der Waals surface area (Å²) in [6.45, 7) is 11.8. The van der Waals surface area contributed by atoms with E-state index in [1.807, 2.05) is 43.3 Å². The highest BCUT2D eigenvalue weighted by Crippen LogP contribution is 2.31. The first-order valence-electron chi connectivity index (χ1n) is 21.5. The van der Waals surface area contributed by atoms with Crippen molar-refractivity contribution in [2.75, 3.05) is 53.4 Å². The maximum absolute atomic E-state index is 12.8. The molecule has 0 spiro atoms. The second-order valence-electron chi connectivity index (χ2n) is 16.9. The fourth-order valence-electron chi connectivity index (χ4n) is 8.52. The first kappa shape index (κ1) is 44.1. The minimum absolute atomic E-state index is 0.0926. The summed E-state index contributed by atoms with van der Waals surface area (Å²) in [7, 11) is 3.66.